The molecule has 0 aliphatic carbocycles. The Morgan fingerprint density at radius 1 is 1.23 bits per heavy atom. The number of thioether (sulfide) groups is 1. The summed E-state index contributed by atoms with van der Waals surface area (Å²) >= 11 is 7.37. The molecule has 2 aliphatic rings. The normalized spacial score (nSPS) is 21.7. The fourth-order valence-corrected chi connectivity index (χ4v) is 7.65. The van der Waals surface area contributed by atoms with Gasteiger partial charge < -0.3 is 9.30 Å². The summed E-state index contributed by atoms with van der Waals surface area (Å²) in [6, 6.07) is 10.2. The van der Waals surface area contributed by atoms with Gasteiger partial charge in [-0.25, -0.2) is 17.8 Å². The zero-order chi connectivity index (χ0) is 24.6. The lowest BCUT2D eigenvalue weighted by Crippen LogP contribution is -2.39. The first-order valence-electron chi connectivity index (χ1n) is 12.0. The summed E-state index contributed by atoms with van der Waals surface area (Å²) < 4.78 is 50.7. The summed E-state index contributed by atoms with van der Waals surface area (Å²) in [5.41, 5.74) is 1.96. The Kier molecular flexibility index (Phi) is 7.42. The summed E-state index contributed by atoms with van der Waals surface area (Å²) in [6.07, 6.45) is 3.98. The second-order valence-electron chi connectivity index (χ2n) is 9.40. The lowest BCUT2D eigenvalue weighted by atomic mass is 10.0. The Hall–Kier alpha value is -1.65. The molecular formula is C25H29ClFN3O3S2. The quantitative estimate of drug-likeness (QED) is 0.361. The van der Waals surface area contributed by atoms with E-state index in [4.69, 9.17) is 21.3 Å². The predicted molar refractivity (Wildman–Crippen MR) is 137 cm³/mol. The van der Waals surface area contributed by atoms with Crippen LogP contribution in [-0.4, -0.2) is 48.1 Å². The molecule has 2 fully saturated rings. The molecule has 5 rings (SSSR count). The highest BCUT2D eigenvalue weighted by atomic mass is 35.5. The van der Waals surface area contributed by atoms with Gasteiger partial charge in [0.2, 0.25) is 10.0 Å². The SMILES string of the molecule is C[C@H]1CCCN(S(=O)(=O)c2ccc3c(c2)nc(SCc2cccc(Cl)c2F)n3C[C@H]2CCCO2)C1. The van der Waals surface area contributed by atoms with Crippen molar-refractivity contribution < 1.29 is 17.5 Å². The highest BCUT2D eigenvalue weighted by molar-refractivity contribution is 7.98. The number of piperidine rings is 1. The van der Waals surface area contributed by atoms with Crippen molar-refractivity contribution in [3.05, 3.63) is 52.8 Å². The Labute approximate surface area is 214 Å². The van der Waals surface area contributed by atoms with E-state index in [1.54, 1.807) is 28.6 Å². The number of nitrogens with zero attached hydrogens (tertiary/aromatic N) is 3. The summed E-state index contributed by atoms with van der Waals surface area (Å²) in [4.78, 5) is 5.05. The maximum Gasteiger partial charge on any atom is 0.243 e. The van der Waals surface area contributed by atoms with Crippen molar-refractivity contribution in [2.24, 2.45) is 5.92 Å². The number of halogens is 2. The van der Waals surface area contributed by atoms with Crippen LogP contribution < -0.4 is 0 Å². The molecule has 0 unspecified atom stereocenters. The monoisotopic (exact) mass is 537 g/mol. The number of imidazole rings is 1. The second kappa shape index (κ2) is 10.4. The number of sulfonamides is 1. The minimum absolute atomic E-state index is 0.0768. The third kappa shape index (κ3) is 5.25. The Morgan fingerprint density at radius 2 is 2.09 bits per heavy atom. The maximum absolute atomic E-state index is 14.5. The van der Waals surface area contributed by atoms with E-state index in [1.807, 2.05) is 6.07 Å². The van der Waals surface area contributed by atoms with Crippen molar-refractivity contribution in [2.45, 2.75) is 61.1 Å². The van der Waals surface area contributed by atoms with E-state index in [1.165, 1.54) is 17.8 Å². The number of rotatable bonds is 7. The van der Waals surface area contributed by atoms with Crippen LogP contribution in [-0.2, 0) is 27.1 Å². The largest absolute Gasteiger partial charge is 0.376 e. The van der Waals surface area contributed by atoms with Crippen LogP contribution in [0.3, 0.4) is 0 Å². The maximum atomic E-state index is 14.5. The molecule has 0 radical (unpaired) electrons. The molecule has 1 aromatic heterocycles. The van der Waals surface area contributed by atoms with Crippen molar-refractivity contribution in [3.63, 3.8) is 0 Å². The first-order chi connectivity index (χ1) is 16.8. The van der Waals surface area contributed by atoms with Gasteiger partial charge in [-0.15, -0.1) is 0 Å². The molecular weight excluding hydrogens is 509 g/mol. The predicted octanol–water partition coefficient (Wildman–Crippen LogP) is 5.72. The molecule has 0 amide bonds. The minimum Gasteiger partial charge on any atom is -0.376 e. The first kappa shape index (κ1) is 25.0. The first-order valence-corrected chi connectivity index (χ1v) is 14.8. The van der Waals surface area contributed by atoms with E-state index >= 15 is 0 Å². The van der Waals surface area contributed by atoms with Crippen LogP contribution in [0, 0.1) is 11.7 Å². The van der Waals surface area contributed by atoms with Gasteiger partial charge in [-0.05, 0) is 61.4 Å². The highest BCUT2D eigenvalue weighted by Crippen LogP contribution is 2.32. The van der Waals surface area contributed by atoms with E-state index in [-0.39, 0.29) is 16.0 Å². The molecule has 2 aromatic carbocycles. The minimum atomic E-state index is -3.59. The molecule has 10 heteroatoms. The molecule has 35 heavy (non-hydrogen) atoms. The number of aromatic nitrogens is 2. The summed E-state index contributed by atoms with van der Waals surface area (Å²) in [5, 5.41) is 0.800. The number of fused-ring (bicyclic) bond motifs is 1. The molecule has 0 saturated carbocycles. The van der Waals surface area contributed by atoms with Crippen LogP contribution >= 0.6 is 23.4 Å². The second-order valence-corrected chi connectivity index (χ2v) is 12.7. The Bertz CT molecular complexity index is 1320. The third-order valence-electron chi connectivity index (χ3n) is 6.74. The smallest absolute Gasteiger partial charge is 0.243 e. The van der Waals surface area contributed by atoms with E-state index in [0.29, 0.717) is 47.5 Å². The van der Waals surface area contributed by atoms with Crippen LogP contribution in [0.1, 0.15) is 38.2 Å². The molecule has 2 saturated heterocycles. The van der Waals surface area contributed by atoms with Gasteiger partial charge in [0.15, 0.2) is 5.16 Å². The number of ether oxygens (including phenoxy) is 1. The molecule has 2 aliphatic heterocycles. The van der Waals surface area contributed by atoms with Crippen molar-refractivity contribution in [1.82, 2.24) is 13.9 Å². The summed E-state index contributed by atoms with van der Waals surface area (Å²) in [5.74, 6) is 0.285. The molecule has 0 bridgehead atoms. The van der Waals surface area contributed by atoms with Gasteiger partial charge >= 0.3 is 0 Å². The van der Waals surface area contributed by atoms with E-state index in [0.717, 1.165) is 37.8 Å². The average Bonchev–Trinajstić information content (AvgIpc) is 3.48. The van der Waals surface area contributed by atoms with Crippen LogP contribution in [0.5, 0.6) is 0 Å². The van der Waals surface area contributed by atoms with Crippen LogP contribution in [0.4, 0.5) is 4.39 Å². The van der Waals surface area contributed by atoms with Crippen molar-refractivity contribution in [2.75, 3.05) is 19.7 Å². The molecule has 188 valence electrons. The van der Waals surface area contributed by atoms with Gasteiger partial charge in [0.1, 0.15) is 5.82 Å². The van der Waals surface area contributed by atoms with Crippen LogP contribution in [0.25, 0.3) is 11.0 Å². The molecule has 3 heterocycles. The fourth-order valence-electron chi connectivity index (χ4n) is 4.84. The van der Waals surface area contributed by atoms with Crippen LogP contribution in [0.2, 0.25) is 5.02 Å². The van der Waals surface area contributed by atoms with Gasteiger partial charge in [-0.3, -0.25) is 0 Å². The van der Waals surface area contributed by atoms with Gasteiger partial charge in [0.25, 0.3) is 0 Å². The van der Waals surface area contributed by atoms with E-state index in [2.05, 4.69) is 11.5 Å². The standard InChI is InChI=1S/C25H29ClFN3O3S2/c1-17-5-3-11-29(14-17)35(31,32)20-9-10-23-22(13-20)28-25(30(23)15-19-7-4-12-33-19)34-16-18-6-2-8-21(26)24(18)27/h2,6,8-10,13,17,19H,3-5,7,11-12,14-16H2,1H3/t17-,19+/m0/s1. The lowest BCUT2D eigenvalue weighted by molar-refractivity contribution is 0.0960. The molecule has 3 aromatic rings. The van der Waals surface area contributed by atoms with Gasteiger partial charge in [0.05, 0.1) is 33.6 Å². The number of benzene rings is 2. The zero-order valence-electron chi connectivity index (χ0n) is 19.6. The molecule has 0 spiro atoms. The Morgan fingerprint density at radius 3 is 2.86 bits per heavy atom. The van der Waals surface area contributed by atoms with E-state index in [9.17, 15) is 12.8 Å². The zero-order valence-corrected chi connectivity index (χ0v) is 22.0. The van der Waals surface area contributed by atoms with Gasteiger partial charge in [0, 0.05) is 25.4 Å². The lowest BCUT2D eigenvalue weighted by Gasteiger charge is -2.30. The molecule has 0 N–H and O–H groups in total. The van der Waals surface area contributed by atoms with Crippen molar-refractivity contribution >= 4 is 44.4 Å². The van der Waals surface area contributed by atoms with Crippen molar-refractivity contribution in [3.8, 4) is 0 Å². The number of hydrogen-bond acceptors (Lipinski definition) is 5. The van der Waals surface area contributed by atoms with E-state index < -0.39 is 15.8 Å². The Balaban J connectivity index is 1.48. The van der Waals surface area contributed by atoms with Crippen molar-refractivity contribution in [1.29, 1.82) is 0 Å². The average molecular weight is 538 g/mol. The van der Waals surface area contributed by atoms with Gasteiger partial charge in [-0.2, -0.15) is 4.31 Å². The highest BCUT2D eigenvalue weighted by Gasteiger charge is 2.29. The fraction of sp³-hybridized carbons (Fsp3) is 0.480. The molecule has 2 atom stereocenters. The summed E-state index contributed by atoms with van der Waals surface area (Å²) in [7, 11) is -3.59. The van der Waals surface area contributed by atoms with Gasteiger partial charge in [-0.1, -0.05) is 42.4 Å². The number of hydrogen-bond donors (Lipinski definition) is 0. The topological polar surface area (TPSA) is 64.4 Å². The van der Waals surface area contributed by atoms with Crippen LogP contribution in [0.15, 0.2) is 46.5 Å². The third-order valence-corrected chi connectivity index (χ3v) is 9.92. The molecule has 6 nitrogen and oxygen atoms in total. The summed E-state index contributed by atoms with van der Waals surface area (Å²) in [6.45, 7) is 4.53.